The van der Waals surface area contributed by atoms with Gasteiger partial charge in [-0.05, 0) is 12.3 Å². The van der Waals surface area contributed by atoms with Crippen molar-refractivity contribution in [2.24, 2.45) is 11.8 Å². The molecule has 1 aliphatic heterocycles. The van der Waals surface area contributed by atoms with E-state index in [2.05, 4.69) is 24.2 Å². The third kappa shape index (κ3) is 15.1. The summed E-state index contributed by atoms with van der Waals surface area (Å²) in [7, 11) is 0. The van der Waals surface area contributed by atoms with Crippen LogP contribution < -0.4 is 0 Å². The van der Waals surface area contributed by atoms with Crippen LogP contribution in [0.2, 0.25) is 0 Å². The number of carbonyl (C=O) groups excluding carboxylic acids is 2. The van der Waals surface area contributed by atoms with Crippen LogP contribution in [0.4, 0.5) is 0 Å². The lowest BCUT2D eigenvalue weighted by Gasteiger charge is -2.11. The first-order valence-electron chi connectivity index (χ1n) is 12.9. The summed E-state index contributed by atoms with van der Waals surface area (Å²) in [6.07, 6.45) is 3.07. The zero-order valence-corrected chi connectivity index (χ0v) is 23.1. The molecule has 2 heterocycles. The van der Waals surface area contributed by atoms with Crippen LogP contribution in [0.5, 0.6) is 0 Å². The summed E-state index contributed by atoms with van der Waals surface area (Å²) in [5, 5.41) is 8.03. The van der Waals surface area contributed by atoms with Crippen LogP contribution in [0.25, 0.3) is 0 Å². The van der Waals surface area contributed by atoms with Gasteiger partial charge in [0, 0.05) is 18.9 Å². The predicted octanol–water partition coefficient (Wildman–Crippen LogP) is 4.35. The number of nitrogens with zero attached hydrogens (tertiary/aromatic N) is 4. The molecule has 0 N–H and O–H groups in total. The first kappa shape index (κ1) is 34.3. The monoisotopic (exact) mass is 486 g/mol. The van der Waals surface area contributed by atoms with E-state index in [4.69, 9.17) is 14.2 Å². The summed E-state index contributed by atoms with van der Waals surface area (Å²) in [6, 6.07) is 0. The third-order valence-electron chi connectivity index (χ3n) is 4.42. The van der Waals surface area contributed by atoms with Crippen LogP contribution >= 0.6 is 0 Å². The molecule has 1 unspecified atom stereocenters. The van der Waals surface area contributed by atoms with Crippen molar-refractivity contribution in [1.82, 2.24) is 19.9 Å². The van der Waals surface area contributed by atoms with Gasteiger partial charge < -0.3 is 14.2 Å². The molecule has 0 aliphatic carbocycles. The van der Waals surface area contributed by atoms with Gasteiger partial charge in [-0.25, -0.2) is 4.68 Å². The third-order valence-corrected chi connectivity index (χ3v) is 4.42. The highest BCUT2D eigenvalue weighted by atomic mass is 16.5. The Hall–Kier alpha value is -1.84. The van der Waals surface area contributed by atoms with Crippen molar-refractivity contribution in [2.45, 2.75) is 88.2 Å². The Labute approximate surface area is 207 Å². The highest BCUT2D eigenvalue weighted by molar-refractivity contribution is 6.03. The first-order valence-corrected chi connectivity index (χ1v) is 12.9. The molecule has 2 amide bonds. The van der Waals surface area contributed by atoms with E-state index >= 15 is 0 Å². The molecule has 1 aromatic heterocycles. The Morgan fingerprint density at radius 3 is 1.94 bits per heavy atom. The second kappa shape index (κ2) is 22.9. The van der Waals surface area contributed by atoms with Crippen LogP contribution in [-0.4, -0.2) is 71.3 Å². The fourth-order valence-electron chi connectivity index (χ4n) is 2.72. The lowest BCUT2D eigenvalue weighted by Crippen LogP contribution is -2.29. The number of imide groups is 1. The maximum absolute atomic E-state index is 11.9. The number of ether oxygens (including phenoxy) is 3. The van der Waals surface area contributed by atoms with Crippen LogP contribution in [0.3, 0.4) is 0 Å². The van der Waals surface area contributed by atoms with Gasteiger partial charge >= 0.3 is 0 Å². The van der Waals surface area contributed by atoms with Gasteiger partial charge in [0.2, 0.25) is 11.8 Å². The highest BCUT2D eigenvalue weighted by Gasteiger charge is 2.35. The van der Waals surface area contributed by atoms with Crippen molar-refractivity contribution in [3.63, 3.8) is 0 Å². The number of rotatable bonds is 14. The minimum atomic E-state index is -0.246. The predicted molar refractivity (Wildman–Crippen MR) is 135 cm³/mol. The quantitative estimate of drug-likeness (QED) is 0.285. The van der Waals surface area contributed by atoms with E-state index in [0.29, 0.717) is 51.2 Å². The fraction of sp³-hybridized carbons (Fsp3) is 0.840. The van der Waals surface area contributed by atoms with E-state index in [1.165, 1.54) is 4.90 Å². The SMILES string of the molecule is CC.CC.CC.CC(C)CCOCCOCCOCCn1cc(CN2C(=O)CC(C)C2=O)nn1. The van der Waals surface area contributed by atoms with E-state index < -0.39 is 0 Å². The number of amides is 2. The van der Waals surface area contributed by atoms with Crippen molar-refractivity contribution in [2.75, 3.05) is 39.6 Å². The van der Waals surface area contributed by atoms with Crippen LogP contribution in [-0.2, 0) is 36.9 Å². The second-order valence-corrected chi connectivity index (χ2v) is 7.42. The van der Waals surface area contributed by atoms with Gasteiger partial charge in [0.15, 0.2) is 0 Å². The normalized spacial score (nSPS) is 14.8. The Morgan fingerprint density at radius 1 is 0.912 bits per heavy atom. The minimum Gasteiger partial charge on any atom is -0.379 e. The lowest BCUT2D eigenvalue weighted by atomic mass is 10.1. The summed E-state index contributed by atoms with van der Waals surface area (Å²) < 4.78 is 18.1. The Kier molecular flexibility index (Phi) is 23.1. The molecule has 9 heteroatoms. The summed E-state index contributed by atoms with van der Waals surface area (Å²) >= 11 is 0. The van der Waals surface area contributed by atoms with E-state index in [-0.39, 0.29) is 30.7 Å². The van der Waals surface area contributed by atoms with E-state index in [0.717, 1.165) is 13.0 Å². The number of carbonyl (C=O) groups is 2. The van der Waals surface area contributed by atoms with Gasteiger partial charge in [0.1, 0.15) is 5.69 Å². The molecule has 0 saturated carbocycles. The van der Waals surface area contributed by atoms with Gasteiger partial charge in [0.05, 0.1) is 52.3 Å². The molecule has 9 nitrogen and oxygen atoms in total. The molecular weight excluding hydrogens is 436 g/mol. The van der Waals surface area contributed by atoms with Crippen LogP contribution in [0.15, 0.2) is 6.20 Å². The zero-order chi connectivity index (χ0) is 26.4. The van der Waals surface area contributed by atoms with Crippen molar-refractivity contribution in [1.29, 1.82) is 0 Å². The molecule has 0 bridgehead atoms. The maximum atomic E-state index is 11.9. The molecule has 1 aromatic rings. The lowest BCUT2D eigenvalue weighted by molar-refractivity contribution is -0.140. The van der Waals surface area contributed by atoms with E-state index in [1.54, 1.807) is 17.8 Å². The van der Waals surface area contributed by atoms with Gasteiger partial charge in [0.25, 0.3) is 0 Å². The molecule has 1 saturated heterocycles. The summed E-state index contributed by atoms with van der Waals surface area (Å²) in [5.41, 5.74) is 0.594. The van der Waals surface area contributed by atoms with Gasteiger partial charge in [-0.2, -0.15) is 0 Å². The summed E-state index contributed by atoms with van der Waals surface area (Å²) in [5.74, 6) is 0.114. The topological polar surface area (TPSA) is 95.8 Å². The van der Waals surface area contributed by atoms with Crippen molar-refractivity contribution >= 4 is 11.8 Å². The van der Waals surface area contributed by atoms with E-state index in [9.17, 15) is 9.59 Å². The van der Waals surface area contributed by atoms with Crippen molar-refractivity contribution in [3.8, 4) is 0 Å². The Morgan fingerprint density at radius 2 is 1.44 bits per heavy atom. The molecule has 0 radical (unpaired) electrons. The number of aromatic nitrogens is 3. The zero-order valence-electron chi connectivity index (χ0n) is 23.1. The smallest absolute Gasteiger partial charge is 0.232 e. The van der Waals surface area contributed by atoms with E-state index in [1.807, 2.05) is 41.5 Å². The molecule has 200 valence electrons. The Bertz CT molecular complexity index is 622. The molecule has 0 aromatic carbocycles. The minimum absolute atomic E-state index is 0.145. The number of likely N-dealkylation sites (tertiary alicyclic amines) is 1. The first-order chi connectivity index (χ1) is 16.5. The van der Waals surface area contributed by atoms with Crippen molar-refractivity contribution < 1.29 is 23.8 Å². The molecule has 0 spiro atoms. The summed E-state index contributed by atoms with van der Waals surface area (Å²) in [6.45, 7) is 22.3. The standard InChI is InChI=1S/C19H32N4O5.3C2H6/c1-15(2)4-6-26-8-10-28-11-9-27-7-5-22-13-17(20-21-22)14-23-18(24)12-16(3)19(23)25;3*1-2/h13,15-16H,4-12,14H2,1-3H3;3*1-2H3. The largest absolute Gasteiger partial charge is 0.379 e. The Balaban J connectivity index is 0. The van der Waals surface area contributed by atoms with Gasteiger partial charge in [-0.1, -0.05) is 67.5 Å². The van der Waals surface area contributed by atoms with Crippen LogP contribution in [0.1, 0.15) is 80.8 Å². The highest BCUT2D eigenvalue weighted by Crippen LogP contribution is 2.20. The molecule has 2 rings (SSSR count). The number of hydrogen-bond acceptors (Lipinski definition) is 7. The molecular formula is C25H50N4O5. The van der Waals surface area contributed by atoms with Gasteiger partial charge in [-0.3, -0.25) is 14.5 Å². The average molecular weight is 487 g/mol. The fourth-order valence-corrected chi connectivity index (χ4v) is 2.72. The second-order valence-electron chi connectivity index (χ2n) is 7.42. The van der Waals surface area contributed by atoms with Crippen molar-refractivity contribution in [3.05, 3.63) is 11.9 Å². The molecule has 34 heavy (non-hydrogen) atoms. The average Bonchev–Trinajstić information content (AvgIpc) is 3.40. The van der Waals surface area contributed by atoms with Crippen LogP contribution in [0, 0.1) is 11.8 Å². The molecule has 1 fully saturated rings. The maximum Gasteiger partial charge on any atom is 0.232 e. The number of hydrogen-bond donors (Lipinski definition) is 0. The summed E-state index contributed by atoms with van der Waals surface area (Å²) in [4.78, 5) is 25.0. The molecule has 1 aliphatic rings. The molecule has 1 atom stereocenters. The van der Waals surface area contributed by atoms with Gasteiger partial charge in [-0.15, -0.1) is 5.10 Å².